The van der Waals surface area contributed by atoms with Gasteiger partial charge >= 0.3 is 5.97 Å². The molecule has 3 rings (SSSR count). The predicted molar refractivity (Wildman–Crippen MR) is 114 cm³/mol. The number of hydrogen-bond acceptors (Lipinski definition) is 4. The molecule has 0 radical (unpaired) electrons. The SMILES string of the molecule is CCOc1ccc(C(c2ccc(Cl)c(Cl)c2)N2CCCC(C(=O)O)C2)cc1OC. The van der Waals surface area contributed by atoms with E-state index < -0.39 is 11.9 Å². The zero-order valence-corrected chi connectivity index (χ0v) is 18.0. The summed E-state index contributed by atoms with van der Waals surface area (Å²) in [5, 5.41) is 10.5. The number of hydrogen-bond donors (Lipinski definition) is 1. The van der Waals surface area contributed by atoms with Crippen LogP contribution in [0.3, 0.4) is 0 Å². The average Bonchev–Trinajstić information content (AvgIpc) is 2.72. The minimum atomic E-state index is -0.758. The van der Waals surface area contributed by atoms with Crippen LogP contribution in [0.4, 0.5) is 0 Å². The van der Waals surface area contributed by atoms with E-state index in [0.717, 1.165) is 24.1 Å². The van der Waals surface area contributed by atoms with Gasteiger partial charge in [0.15, 0.2) is 11.5 Å². The van der Waals surface area contributed by atoms with Crippen LogP contribution in [0.25, 0.3) is 0 Å². The highest BCUT2D eigenvalue weighted by molar-refractivity contribution is 6.42. The van der Waals surface area contributed by atoms with Crippen molar-refractivity contribution in [3.63, 3.8) is 0 Å². The monoisotopic (exact) mass is 437 g/mol. The number of rotatable bonds is 7. The molecule has 2 atom stereocenters. The van der Waals surface area contributed by atoms with Gasteiger partial charge in [-0.1, -0.05) is 35.3 Å². The molecule has 0 spiro atoms. The molecule has 1 N–H and O–H groups in total. The molecule has 0 saturated carbocycles. The van der Waals surface area contributed by atoms with Crippen molar-refractivity contribution in [1.82, 2.24) is 4.90 Å². The Morgan fingerprint density at radius 1 is 1.17 bits per heavy atom. The molecule has 0 aromatic heterocycles. The Bertz CT molecular complexity index is 874. The maximum absolute atomic E-state index is 11.6. The standard InChI is InChI=1S/C22H25Cl2NO4/c1-3-29-19-9-7-15(12-20(19)28-2)21(14-6-8-17(23)18(24)11-14)25-10-4-5-16(13-25)22(26)27/h6-9,11-12,16,21H,3-5,10,13H2,1-2H3,(H,26,27). The van der Waals surface area contributed by atoms with E-state index in [-0.39, 0.29) is 6.04 Å². The first kappa shape index (κ1) is 21.8. The van der Waals surface area contributed by atoms with Gasteiger partial charge in [0.05, 0.1) is 35.7 Å². The van der Waals surface area contributed by atoms with E-state index in [1.165, 1.54) is 0 Å². The number of piperidine rings is 1. The molecule has 0 aliphatic carbocycles. The first-order chi connectivity index (χ1) is 13.9. The molecule has 1 aliphatic rings. The Morgan fingerprint density at radius 2 is 1.90 bits per heavy atom. The van der Waals surface area contributed by atoms with Crippen LogP contribution in [0.2, 0.25) is 10.0 Å². The Balaban J connectivity index is 2.05. The number of aliphatic carboxylic acids is 1. The number of nitrogens with zero attached hydrogens (tertiary/aromatic N) is 1. The molecule has 7 heteroatoms. The van der Waals surface area contributed by atoms with Crippen molar-refractivity contribution in [2.24, 2.45) is 5.92 Å². The lowest BCUT2D eigenvalue weighted by atomic mass is 9.91. The summed E-state index contributed by atoms with van der Waals surface area (Å²) in [6, 6.07) is 11.2. The Labute approximate surface area is 181 Å². The third kappa shape index (κ3) is 4.97. The summed E-state index contributed by atoms with van der Waals surface area (Å²) in [5.41, 5.74) is 1.94. The summed E-state index contributed by atoms with van der Waals surface area (Å²) in [6.45, 7) is 3.73. The molecule has 0 amide bonds. The van der Waals surface area contributed by atoms with Gasteiger partial charge in [0, 0.05) is 6.54 Å². The van der Waals surface area contributed by atoms with Crippen LogP contribution in [-0.2, 0) is 4.79 Å². The van der Waals surface area contributed by atoms with Crippen LogP contribution in [0.15, 0.2) is 36.4 Å². The quantitative estimate of drug-likeness (QED) is 0.637. The number of carboxylic acid groups (broad SMARTS) is 1. The van der Waals surface area contributed by atoms with Crippen molar-refractivity contribution in [2.75, 3.05) is 26.8 Å². The minimum Gasteiger partial charge on any atom is -0.493 e. The van der Waals surface area contributed by atoms with Gasteiger partial charge in [-0.2, -0.15) is 0 Å². The number of benzene rings is 2. The second-order valence-electron chi connectivity index (χ2n) is 7.09. The van der Waals surface area contributed by atoms with Gasteiger partial charge < -0.3 is 14.6 Å². The second kappa shape index (κ2) is 9.70. The van der Waals surface area contributed by atoms with Crippen LogP contribution in [0.5, 0.6) is 11.5 Å². The summed E-state index contributed by atoms with van der Waals surface area (Å²) in [6.07, 6.45) is 1.51. The second-order valence-corrected chi connectivity index (χ2v) is 7.91. The highest BCUT2D eigenvalue weighted by Gasteiger charge is 2.32. The fourth-order valence-corrected chi connectivity index (χ4v) is 4.17. The van der Waals surface area contributed by atoms with E-state index in [4.69, 9.17) is 32.7 Å². The van der Waals surface area contributed by atoms with Crippen molar-refractivity contribution in [3.8, 4) is 11.5 Å². The summed E-state index contributed by atoms with van der Waals surface area (Å²) < 4.78 is 11.2. The molecule has 5 nitrogen and oxygen atoms in total. The highest BCUT2D eigenvalue weighted by atomic mass is 35.5. The maximum atomic E-state index is 11.6. The molecule has 156 valence electrons. The lowest BCUT2D eigenvalue weighted by Gasteiger charge is -2.38. The van der Waals surface area contributed by atoms with Gasteiger partial charge in [0.25, 0.3) is 0 Å². The number of carboxylic acids is 1. The molecule has 2 unspecified atom stereocenters. The molecular formula is C22H25Cl2NO4. The minimum absolute atomic E-state index is 0.170. The van der Waals surface area contributed by atoms with Crippen molar-refractivity contribution < 1.29 is 19.4 Å². The van der Waals surface area contributed by atoms with E-state index in [2.05, 4.69) is 4.90 Å². The van der Waals surface area contributed by atoms with Gasteiger partial charge in [-0.3, -0.25) is 9.69 Å². The summed E-state index contributed by atoms with van der Waals surface area (Å²) >= 11 is 12.4. The zero-order valence-electron chi connectivity index (χ0n) is 16.5. The van der Waals surface area contributed by atoms with E-state index in [0.29, 0.717) is 41.1 Å². The molecule has 2 aromatic carbocycles. The lowest BCUT2D eigenvalue weighted by Crippen LogP contribution is -2.41. The summed E-state index contributed by atoms with van der Waals surface area (Å²) in [5.74, 6) is 0.167. The van der Waals surface area contributed by atoms with Crippen LogP contribution in [0.1, 0.15) is 36.9 Å². The van der Waals surface area contributed by atoms with Crippen LogP contribution < -0.4 is 9.47 Å². The Hall–Kier alpha value is -1.95. The fraction of sp³-hybridized carbons (Fsp3) is 0.409. The topological polar surface area (TPSA) is 59.0 Å². The van der Waals surface area contributed by atoms with Crippen LogP contribution in [0, 0.1) is 5.92 Å². The Morgan fingerprint density at radius 3 is 2.55 bits per heavy atom. The van der Waals surface area contributed by atoms with Crippen molar-refractivity contribution >= 4 is 29.2 Å². The van der Waals surface area contributed by atoms with Gasteiger partial charge in [0.2, 0.25) is 0 Å². The van der Waals surface area contributed by atoms with E-state index >= 15 is 0 Å². The van der Waals surface area contributed by atoms with Crippen LogP contribution in [-0.4, -0.2) is 42.8 Å². The van der Waals surface area contributed by atoms with Gasteiger partial charge in [0.1, 0.15) is 0 Å². The molecule has 1 aliphatic heterocycles. The number of likely N-dealkylation sites (tertiary alicyclic amines) is 1. The predicted octanol–water partition coefficient (Wildman–Crippen LogP) is 5.29. The van der Waals surface area contributed by atoms with Crippen molar-refractivity contribution in [3.05, 3.63) is 57.6 Å². The smallest absolute Gasteiger partial charge is 0.307 e. The molecule has 2 aromatic rings. The fourth-order valence-electron chi connectivity index (χ4n) is 3.87. The number of ether oxygens (including phenoxy) is 2. The summed E-state index contributed by atoms with van der Waals surface area (Å²) in [7, 11) is 1.61. The maximum Gasteiger partial charge on any atom is 0.307 e. The normalized spacial score (nSPS) is 18.3. The first-order valence-corrected chi connectivity index (χ1v) is 10.4. The highest BCUT2D eigenvalue weighted by Crippen LogP contribution is 2.38. The van der Waals surface area contributed by atoms with E-state index in [1.54, 1.807) is 13.2 Å². The van der Waals surface area contributed by atoms with Gasteiger partial charge in [-0.25, -0.2) is 0 Å². The average molecular weight is 438 g/mol. The molecule has 1 fully saturated rings. The number of methoxy groups -OCH3 is 1. The molecular weight excluding hydrogens is 413 g/mol. The van der Waals surface area contributed by atoms with Crippen LogP contribution >= 0.6 is 23.2 Å². The molecule has 29 heavy (non-hydrogen) atoms. The largest absolute Gasteiger partial charge is 0.493 e. The Kier molecular flexibility index (Phi) is 7.28. The third-order valence-electron chi connectivity index (χ3n) is 5.23. The van der Waals surface area contributed by atoms with E-state index in [9.17, 15) is 9.90 Å². The lowest BCUT2D eigenvalue weighted by molar-refractivity contribution is -0.143. The molecule has 0 bridgehead atoms. The number of carbonyl (C=O) groups is 1. The van der Waals surface area contributed by atoms with Gasteiger partial charge in [-0.05, 0) is 61.7 Å². The molecule has 1 heterocycles. The van der Waals surface area contributed by atoms with Gasteiger partial charge in [-0.15, -0.1) is 0 Å². The van der Waals surface area contributed by atoms with Crippen molar-refractivity contribution in [1.29, 1.82) is 0 Å². The first-order valence-electron chi connectivity index (χ1n) is 9.67. The molecule has 1 saturated heterocycles. The zero-order chi connectivity index (χ0) is 21.0. The van der Waals surface area contributed by atoms with E-state index in [1.807, 2.05) is 37.3 Å². The van der Waals surface area contributed by atoms with Crippen molar-refractivity contribution in [2.45, 2.75) is 25.8 Å². The summed E-state index contributed by atoms with van der Waals surface area (Å²) in [4.78, 5) is 13.8. The third-order valence-corrected chi connectivity index (χ3v) is 5.97. The number of halogens is 2.